The molecule has 0 fully saturated rings. The topological polar surface area (TPSA) is 80.1 Å². The first-order valence-corrected chi connectivity index (χ1v) is 8.39. The third-order valence-electron chi connectivity index (χ3n) is 2.77. The Morgan fingerprint density at radius 1 is 1.42 bits per heavy atom. The van der Waals surface area contributed by atoms with Gasteiger partial charge in [0.05, 0.1) is 0 Å². The molecule has 0 saturated heterocycles. The summed E-state index contributed by atoms with van der Waals surface area (Å²) in [5.74, 6) is 0. The van der Waals surface area contributed by atoms with Crippen molar-refractivity contribution in [1.29, 1.82) is 0 Å². The minimum Gasteiger partial charge on any atom is -0.302 e. The summed E-state index contributed by atoms with van der Waals surface area (Å²) in [5.41, 5.74) is 0. The van der Waals surface area contributed by atoms with E-state index in [1.807, 2.05) is 20.8 Å². The molecule has 0 aliphatic carbocycles. The van der Waals surface area contributed by atoms with Crippen LogP contribution in [-0.4, -0.2) is 54.0 Å². The summed E-state index contributed by atoms with van der Waals surface area (Å²) in [6.45, 7) is 8.38. The van der Waals surface area contributed by atoms with Crippen LogP contribution in [0.25, 0.3) is 0 Å². The molecule has 0 aliphatic rings. The van der Waals surface area contributed by atoms with Crippen molar-refractivity contribution in [3.63, 3.8) is 0 Å². The van der Waals surface area contributed by atoms with Crippen LogP contribution in [0, 0.1) is 0 Å². The molecule has 1 heterocycles. The van der Waals surface area contributed by atoms with Gasteiger partial charge in [-0.05, 0) is 35.9 Å². The van der Waals surface area contributed by atoms with E-state index in [-0.39, 0.29) is 15.7 Å². The van der Waals surface area contributed by atoms with Gasteiger partial charge < -0.3 is 4.90 Å². The lowest BCUT2D eigenvalue weighted by atomic mass is 10.3. The Hall–Kier alpha value is -0.510. The fourth-order valence-corrected chi connectivity index (χ4v) is 4.16. The van der Waals surface area contributed by atoms with E-state index in [4.69, 9.17) is 0 Å². The Kier molecular flexibility index (Phi) is 5.90. The van der Waals surface area contributed by atoms with Gasteiger partial charge in [-0.15, -0.1) is 5.10 Å². The second-order valence-electron chi connectivity index (χ2n) is 4.32. The summed E-state index contributed by atoms with van der Waals surface area (Å²) in [6.07, 6.45) is 0. The van der Waals surface area contributed by atoms with E-state index in [1.54, 1.807) is 7.05 Å². The van der Waals surface area contributed by atoms with Gasteiger partial charge in [-0.3, -0.25) is 0 Å². The minimum atomic E-state index is -3.63. The van der Waals surface area contributed by atoms with Crippen LogP contribution in [0.4, 0.5) is 0 Å². The van der Waals surface area contributed by atoms with E-state index < -0.39 is 10.0 Å². The summed E-state index contributed by atoms with van der Waals surface area (Å²) in [4.78, 5) is 2.16. The maximum Gasteiger partial charge on any atom is 0.260 e. The number of nitrogens with zero attached hydrogens (tertiary/aromatic N) is 4. The van der Waals surface area contributed by atoms with Gasteiger partial charge in [0.25, 0.3) is 10.0 Å². The normalized spacial score (nSPS) is 14.0. The van der Waals surface area contributed by atoms with E-state index >= 15 is 0 Å². The first-order chi connectivity index (χ1) is 8.81. The minimum absolute atomic E-state index is 0.0406. The van der Waals surface area contributed by atoms with E-state index in [9.17, 15) is 8.42 Å². The second kappa shape index (κ2) is 6.78. The molecule has 1 N–H and O–H groups in total. The number of aromatic nitrogens is 3. The second-order valence-corrected chi connectivity index (χ2v) is 6.70. The highest BCUT2D eigenvalue weighted by Crippen LogP contribution is 2.17. The van der Waals surface area contributed by atoms with Crippen molar-refractivity contribution < 1.29 is 8.42 Å². The summed E-state index contributed by atoms with van der Waals surface area (Å²) < 4.78 is 28.6. The fourth-order valence-electron chi connectivity index (χ4n) is 1.84. The predicted octanol–water partition coefficient (Wildman–Crippen LogP) is 0.586. The molecule has 9 heteroatoms. The molecule has 0 spiro atoms. The van der Waals surface area contributed by atoms with Crippen molar-refractivity contribution in [2.24, 2.45) is 7.05 Å². The molecule has 1 atom stereocenters. The fraction of sp³-hybridized carbons (Fsp3) is 0.800. The van der Waals surface area contributed by atoms with Crippen LogP contribution in [0.15, 0.2) is 9.63 Å². The molecule has 1 aromatic heterocycles. The molecule has 0 amide bonds. The molecule has 7 nitrogen and oxygen atoms in total. The highest BCUT2D eigenvalue weighted by atomic mass is 79.9. The zero-order chi connectivity index (χ0) is 14.6. The first-order valence-electron chi connectivity index (χ1n) is 6.11. The molecule has 0 aromatic carbocycles. The Labute approximate surface area is 122 Å². The maximum atomic E-state index is 12.2. The van der Waals surface area contributed by atoms with Crippen molar-refractivity contribution in [3.05, 3.63) is 4.60 Å². The molecule has 110 valence electrons. The molecule has 19 heavy (non-hydrogen) atoms. The van der Waals surface area contributed by atoms with Gasteiger partial charge in [-0.25, -0.2) is 17.8 Å². The van der Waals surface area contributed by atoms with Crippen molar-refractivity contribution >= 4 is 26.0 Å². The third-order valence-corrected chi connectivity index (χ3v) is 5.25. The number of likely N-dealkylation sites (N-methyl/N-ethyl adjacent to an activating group) is 1. The van der Waals surface area contributed by atoms with Crippen LogP contribution in [0.2, 0.25) is 0 Å². The van der Waals surface area contributed by atoms with Gasteiger partial charge >= 0.3 is 0 Å². The Balaban J connectivity index is 2.81. The van der Waals surface area contributed by atoms with Crippen LogP contribution in [0.3, 0.4) is 0 Å². The third kappa shape index (κ3) is 4.23. The molecular formula is C10H20BrN5O2S. The van der Waals surface area contributed by atoms with Gasteiger partial charge in [-0.1, -0.05) is 19.1 Å². The van der Waals surface area contributed by atoms with Crippen molar-refractivity contribution in [2.75, 3.05) is 19.6 Å². The number of hydrogen-bond donors (Lipinski definition) is 1. The average Bonchev–Trinajstić information content (AvgIpc) is 2.65. The largest absolute Gasteiger partial charge is 0.302 e. The molecule has 0 radical (unpaired) electrons. The predicted molar refractivity (Wildman–Crippen MR) is 76.3 cm³/mol. The standard InChI is InChI=1S/C10H20BrN5O2S/c1-5-16(6-2)7-8(3)13-19(17,18)10-9(11)12-14-15(10)4/h8,13H,5-7H2,1-4H3. The molecule has 1 rings (SSSR count). The molecule has 0 saturated carbocycles. The van der Waals surface area contributed by atoms with Gasteiger partial charge in [-0.2, -0.15) is 0 Å². The summed E-state index contributed by atoms with van der Waals surface area (Å²) in [5, 5.41) is 7.40. The summed E-state index contributed by atoms with van der Waals surface area (Å²) in [7, 11) is -2.08. The van der Waals surface area contributed by atoms with Crippen LogP contribution in [0.5, 0.6) is 0 Å². The molecule has 1 unspecified atom stereocenters. The van der Waals surface area contributed by atoms with Gasteiger partial charge in [0.15, 0.2) is 4.60 Å². The summed E-state index contributed by atoms with van der Waals surface area (Å²) in [6, 6.07) is -0.188. The van der Waals surface area contributed by atoms with E-state index in [2.05, 4.69) is 35.9 Å². The van der Waals surface area contributed by atoms with E-state index in [0.29, 0.717) is 6.54 Å². The quantitative estimate of drug-likeness (QED) is 0.775. The number of halogens is 1. The maximum absolute atomic E-state index is 12.2. The molecule has 0 aliphatic heterocycles. The first kappa shape index (κ1) is 16.5. The van der Waals surface area contributed by atoms with Crippen LogP contribution < -0.4 is 4.72 Å². The monoisotopic (exact) mass is 353 g/mol. The number of aryl methyl sites for hydroxylation is 1. The Morgan fingerprint density at radius 3 is 2.42 bits per heavy atom. The SMILES string of the molecule is CCN(CC)CC(C)NS(=O)(=O)c1c(Br)nnn1C. The smallest absolute Gasteiger partial charge is 0.260 e. The Bertz CT molecular complexity index is 492. The van der Waals surface area contributed by atoms with Crippen LogP contribution in [0.1, 0.15) is 20.8 Å². The molecule has 1 aromatic rings. The molecule has 0 bridgehead atoms. The lowest BCUT2D eigenvalue weighted by Gasteiger charge is -2.23. The Morgan fingerprint density at radius 2 is 2.00 bits per heavy atom. The number of rotatable bonds is 7. The van der Waals surface area contributed by atoms with E-state index in [1.165, 1.54) is 4.68 Å². The number of hydrogen-bond acceptors (Lipinski definition) is 5. The van der Waals surface area contributed by atoms with Gasteiger partial charge in [0.2, 0.25) is 5.03 Å². The van der Waals surface area contributed by atoms with Crippen LogP contribution >= 0.6 is 15.9 Å². The van der Waals surface area contributed by atoms with Crippen LogP contribution in [-0.2, 0) is 17.1 Å². The summed E-state index contributed by atoms with van der Waals surface area (Å²) >= 11 is 3.10. The number of sulfonamides is 1. The lowest BCUT2D eigenvalue weighted by molar-refractivity contribution is 0.282. The molecular weight excluding hydrogens is 334 g/mol. The highest BCUT2D eigenvalue weighted by molar-refractivity contribution is 9.10. The van der Waals surface area contributed by atoms with Gasteiger partial charge in [0, 0.05) is 19.6 Å². The lowest BCUT2D eigenvalue weighted by Crippen LogP contribution is -2.42. The number of nitrogens with one attached hydrogen (secondary N) is 1. The van der Waals surface area contributed by atoms with Crippen molar-refractivity contribution in [1.82, 2.24) is 24.6 Å². The zero-order valence-corrected chi connectivity index (χ0v) is 14.0. The highest BCUT2D eigenvalue weighted by Gasteiger charge is 2.25. The zero-order valence-electron chi connectivity index (χ0n) is 11.6. The average molecular weight is 354 g/mol. The van der Waals surface area contributed by atoms with Gasteiger partial charge in [0.1, 0.15) is 0 Å². The van der Waals surface area contributed by atoms with E-state index in [0.717, 1.165) is 13.1 Å². The van der Waals surface area contributed by atoms with Crippen molar-refractivity contribution in [2.45, 2.75) is 31.8 Å². The van der Waals surface area contributed by atoms with Crippen molar-refractivity contribution in [3.8, 4) is 0 Å².